The maximum absolute atomic E-state index is 13.0. The number of anilines is 1. The van der Waals surface area contributed by atoms with Gasteiger partial charge in [-0.05, 0) is 20.8 Å². The van der Waals surface area contributed by atoms with Crippen molar-refractivity contribution in [1.82, 2.24) is 34.2 Å². The molecular formula is C19H24N8O. The summed E-state index contributed by atoms with van der Waals surface area (Å²) in [4.78, 5) is 30.2. The Bertz CT molecular complexity index is 999. The van der Waals surface area contributed by atoms with Crippen molar-refractivity contribution in [1.29, 1.82) is 0 Å². The number of imidazole rings is 1. The van der Waals surface area contributed by atoms with Gasteiger partial charge >= 0.3 is 0 Å². The number of hydrogen-bond acceptors (Lipinski definition) is 6. The SMILES string of the molecule is Cc1nc(N2CCN(C(=O)c3c(C)nn(C)c3C)CC2)cc(-n2ccnc2)n1. The normalized spacial score (nSPS) is 14.6. The topological polar surface area (TPSA) is 85.0 Å². The number of carbonyl (C=O) groups excluding carboxylic acids is 1. The molecular weight excluding hydrogens is 356 g/mol. The fourth-order valence-electron chi connectivity index (χ4n) is 3.61. The van der Waals surface area contributed by atoms with E-state index in [2.05, 4.69) is 25.0 Å². The molecule has 1 aliphatic rings. The van der Waals surface area contributed by atoms with Crippen molar-refractivity contribution < 1.29 is 4.79 Å². The van der Waals surface area contributed by atoms with Crippen LogP contribution < -0.4 is 4.90 Å². The molecule has 0 spiro atoms. The van der Waals surface area contributed by atoms with Crippen molar-refractivity contribution in [3.63, 3.8) is 0 Å². The number of rotatable bonds is 3. The fourth-order valence-corrected chi connectivity index (χ4v) is 3.61. The quantitative estimate of drug-likeness (QED) is 0.681. The van der Waals surface area contributed by atoms with E-state index in [0.717, 1.165) is 41.7 Å². The Kier molecular flexibility index (Phi) is 4.58. The number of piperazine rings is 1. The van der Waals surface area contributed by atoms with Gasteiger partial charge in [0.1, 0.15) is 23.8 Å². The molecule has 0 aliphatic carbocycles. The highest BCUT2D eigenvalue weighted by molar-refractivity contribution is 5.96. The first kappa shape index (κ1) is 18.1. The summed E-state index contributed by atoms with van der Waals surface area (Å²) in [5.74, 6) is 2.43. The Morgan fingerprint density at radius 3 is 2.36 bits per heavy atom. The van der Waals surface area contributed by atoms with Crippen LogP contribution in [0.25, 0.3) is 5.82 Å². The first-order valence-electron chi connectivity index (χ1n) is 9.32. The van der Waals surface area contributed by atoms with Gasteiger partial charge in [-0.1, -0.05) is 0 Å². The average molecular weight is 380 g/mol. The van der Waals surface area contributed by atoms with Crippen molar-refractivity contribution in [3.05, 3.63) is 47.6 Å². The van der Waals surface area contributed by atoms with Gasteiger partial charge in [0.25, 0.3) is 5.91 Å². The van der Waals surface area contributed by atoms with Crippen molar-refractivity contribution in [2.75, 3.05) is 31.1 Å². The van der Waals surface area contributed by atoms with Crippen LogP contribution in [0.3, 0.4) is 0 Å². The lowest BCUT2D eigenvalue weighted by Gasteiger charge is -2.35. The van der Waals surface area contributed by atoms with Crippen LogP contribution in [0.2, 0.25) is 0 Å². The largest absolute Gasteiger partial charge is 0.353 e. The molecule has 3 aromatic heterocycles. The number of aryl methyl sites for hydroxylation is 3. The minimum absolute atomic E-state index is 0.0562. The van der Waals surface area contributed by atoms with E-state index in [9.17, 15) is 4.79 Å². The maximum Gasteiger partial charge on any atom is 0.257 e. The van der Waals surface area contributed by atoms with E-state index in [-0.39, 0.29) is 5.91 Å². The fraction of sp³-hybridized carbons (Fsp3) is 0.421. The van der Waals surface area contributed by atoms with E-state index in [0.29, 0.717) is 18.9 Å². The van der Waals surface area contributed by atoms with Crippen LogP contribution in [-0.4, -0.2) is 66.3 Å². The zero-order chi connectivity index (χ0) is 19.8. The highest BCUT2D eigenvalue weighted by atomic mass is 16.2. The van der Waals surface area contributed by atoms with E-state index in [1.165, 1.54) is 0 Å². The van der Waals surface area contributed by atoms with Gasteiger partial charge in [0.2, 0.25) is 0 Å². The number of hydrogen-bond donors (Lipinski definition) is 0. The first-order valence-corrected chi connectivity index (χ1v) is 9.32. The molecule has 4 rings (SSSR count). The molecule has 1 saturated heterocycles. The number of aromatic nitrogens is 6. The maximum atomic E-state index is 13.0. The molecule has 1 amide bonds. The molecule has 0 atom stereocenters. The van der Waals surface area contributed by atoms with E-state index in [1.807, 2.05) is 49.5 Å². The Balaban J connectivity index is 1.49. The predicted molar refractivity (Wildman–Crippen MR) is 105 cm³/mol. The van der Waals surface area contributed by atoms with Crippen LogP contribution in [0.4, 0.5) is 5.82 Å². The smallest absolute Gasteiger partial charge is 0.257 e. The Labute approximate surface area is 163 Å². The van der Waals surface area contributed by atoms with Crippen LogP contribution >= 0.6 is 0 Å². The number of carbonyl (C=O) groups is 1. The third-order valence-electron chi connectivity index (χ3n) is 5.19. The van der Waals surface area contributed by atoms with Gasteiger partial charge in [-0.15, -0.1) is 0 Å². The summed E-state index contributed by atoms with van der Waals surface area (Å²) in [6.45, 7) is 8.46. The van der Waals surface area contributed by atoms with Gasteiger partial charge in [0.15, 0.2) is 0 Å². The Hall–Kier alpha value is -3.23. The Morgan fingerprint density at radius 1 is 1.04 bits per heavy atom. The summed E-state index contributed by atoms with van der Waals surface area (Å²) in [5.41, 5.74) is 2.40. The molecule has 0 N–H and O–H groups in total. The molecule has 0 bridgehead atoms. The molecule has 0 radical (unpaired) electrons. The van der Waals surface area contributed by atoms with E-state index < -0.39 is 0 Å². The second-order valence-corrected chi connectivity index (χ2v) is 7.05. The van der Waals surface area contributed by atoms with Crippen molar-refractivity contribution >= 4 is 11.7 Å². The number of nitrogens with zero attached hydrogens (tertiary/aromatic N) is 8. The predicted octanol–water partition coefficient (Wildman–Crippen LogP) is 1.28. The van der Waals surface area contributed by atoms with Gasteiger partial charge < -0.3 is 9.80 Å². The lowest BCUT2D eigenvalue weighted by Crippen LogP contribution is -2.49. The van der Waals surface area contributed by atoms with Crippen LogP contribution in [0.15, 0.2) is 24.8 Å². The lowest BCUT2D eigenvalue weighted by molar-refractivity contribution is 0.0745. The molecule has 0 unspecified atom stereocenters. The minimum atomic E-state index is 0.0562. The van der Waals surface area contributed by atoms with Crippen LogP contribution in [0, 0.1) is 20.8 Å². The number of amides is 1. The van der Waals surface area contributed by atoms with Gasteiger partial charge in [-0.25, -0.2) is 15.0 Å². The zero-order valence-corrected chi connectivity index (χ0v) is 16.6. The summed E-state index contributed by atoms with van der Waals surface area (Å²) in [6.07, 6.45) is 5.31. The van der Waals surface area contributed by atoms with E-state index >= 15 is 0 Å². The molecule has 0 aromatic carbocycles. The second-order valence-electron chi connectivity index (χ2n) is 7.05. The Morgan fingerprint density at radius 2 is 1.75 bits per heavy atom. The van der Waals surface area contributed by atoms with Crippen LogP contribution in [0.1, 0.15) is 27.6 Å². The third-order valence-corrected chi connectivity index (χ3v) is 5.19. The van der Waals surface area contributed by atoms with E-state index in [4.69, 9.17) is 0 Å². The third kappa shape index (κ3) is 3.23. The molecule has 0 saturated carbocycles. The second kappa shape index (κ2) is 7.06. The molecule has 3 aromatic rings. The van der Waals surface area contributed by atoms with Crippen LogP contribution in [0.5, 0.6) is 0 Å². The van der Waals surface area contributed by atoms with Crippen molar-refractivity contribution in [2.24, 2.45) is 7.05 Å². The molecule has 9 nitrogen and oxygen atoms in total. The van der Waals surface area contributed by atoms with Gasteiger partial charge in [0, 0.05) is 57.4 Å². The summed E-state index contributed by atoms with van der Waals surface area (Å²) in [5, 5.41) is 4.37. The standard InChI is InChI=1S/C19H24N8O/c1-13-18(14(2)24(4)23-13)19(28)26-9-7-25(8-10-26)16-11-17(22-15(3)21-16)27-6-5-20-12-27/h5-6,11-12H,7-10H2,1-4H3. The van der Waals surface area contributed by atoms with Gasteiger partial charge in [-0.2, -0.15) is 5.10 Å². The lowest BCUT2D eigenvalue weighted by atomic mass is 10.1. The molecule has 28 heavy (non-hydrogen) atoms. The molecule has 146 valence electrons. The highest BCUT2D eigenvalue weighted by Gasteiger charge is 2.27. The highest BCUT2D eigenvalue weighted by Crippen LogP contribution is 2.20. The van der Waals surface area contributed by atoms with Gasteiger partial charge in [0.05, 0.1) is 11.3 Å². The summed E-state index contributed by atoms with van der Waals surface area (Å²) in [6, 6.07) is 1.96. The van der Waals surface area contributed by atoms with Gasteiger partial charge in [-0.3, -0.25) is 14.0 Å². The monoisotopic (exact) mass is 380 g/mol. The van der Waals surface area contributed by atoms with Crippen molar-refractivity contribution in [3.8, 4) is 5.82 Å². The summed E-state index contributed by atoms with van der Waals surface area (Å²) < 4.78 is 3.63. The molecule has 4 heterocycles. The first-order chi connectivity index (χ1) is 13.4. The minimum Gasteiger partial charge on any atom is -0.353 e. The van der Waals surface area contributed by atoms with Crippen LogP contribution in [-0.2, 0) is 7.05 Å². The van der Waals surface area contributed by atoms with Crippen molar-refractivity contribution in [2.45, 2.75) is 20.8 Å². The summed E-state index contributed by atoms with van der Waals surface area (Å²) >= 11 is 0. The molecule has 1 aliphatic heterocycles. The summed E-state index contributed by atoms with van der Waals surface area (Å²) in [7, 11) is 1.87. The molecule has 9 heteroatoms. The zero-order valence-electron chi connectivity index (χ0n) is 16.6. The van der Waals surface area contributed by atoms with E-state index in [1.54, 1.807) is 17.2 Å². The average Bonchev–Trinajstić information content (AvgIpc) is 3.30. The molecule has 1 fully saturated rings.